The first-order chi connectivity index (χ1) is 7.99. The molecule has 17 heavy (non-hydrogen) atoms. The van der Waals surface area contributed by atoms with E-state index in [1.54, 1.807) is 6.20 Å². The molecule has 2 rings (SSSR count). The van der Waals surface area contributed by atoms with E-state index in [1.165, 1.54) is 17.5 Å². The number of rotatable bonds is 4. The van der Waals surface area contributed by atoms with Gasteiger partial charge in [-0.25, -0.2) is 9.97 Å². The Morgan fingerprint density at radius 3 is 2.76 bits per heavy atom. The topological polar surface area (TPSA) is 81.0 Å². The maximum atomic E-state index is 10.5. The molecule has 0 fully saturated rings. The van der Waals surface area contributed by atoms with Crippen LogP contribution in [0, 0.1) is 10.1 Å². The number of anilines is 1. The highest BCUT2D eigenvalue weighted by atomic mass is 32.1. The molecule has 0 amide bonds. The summed E-state index contributed by atoms with van der Waals surface area (Å²) in [6.07, 6.45) is 2.98. The Kier molecular flexibility index (Phi) is 3.07. The van der Waals surface area contributed by atoms with Crippen molar-refractivity contribution < 1.29 is 4.92 Å². The van der Waals surface area contributed by atoms with Crippen molar-refractivity contribution in [3.05, 3.63) is 32.9 Å². The fourth-order valence-electron chi connectivity index (χ4n) is 1.26. The van der Waals surface area contributed by atoms with Gasteiger partial charge in [0.2, 0.25) is 0 Å². The van der Waals surface area contributed by atoms with Crippen LogP contribution < -0.4 is 5.32 Å². The van der Waals surface area contributed by atoms with Crippen LogP contribution in [0.15, 0.2) is 17.8 Å². The van der Waals surface area contributed by atoms with Gasteiger partial charge in [0, 0.05) is 11.6 Å². The summed E-state index contributed by atoms with van der Waals surface area (Å²) in [5.74, 6) is 0. The summed E-state index contributed by atoms with van der Waals surface area (Å²) < 4.78 is 0. The monoisotopic (exact) mass is 270 g/mol. The number of nitrogens with one attached hydrogen (secondary N) is 1. The van der Waals surface area contributed by atoms with Gasteiger partial charge in [-0.3, -0.25) is 10.1 Å². The second-order valence-corrected chi connectivity index (χ2v) is 5.75. The Bertz CT molecular complexity index is 521. The molecular formula is C9H10N4O2S2. The van der Waals surface area contributed by atoms with Crippen LogP contribution in [0.4, 0.5) is 10.1 Å². The molecule has 0 spiro atoms. The highest BCUT2D eigenvalue weighted by molar-refractivity contribution is 7.18. The summed E-state index contributed by atoms with van der Waals surface area (Å²) in [5, 5.41) is 17.1. The molecule has 8 heteroatoms. The van der Waals surface area contributed by atoms with Gasteiger partial charge in [-0.2, -0.15) is 0 Å². The predicted molar refractivity (Wildman–Crippen MR) is 67.5 cm³/mol. The van der Waals surface area contributed by atoms with Gasteiger partial charge in [0.1, 0.15) is 11.2 Å². The van der Waals surface area contributed by atoms with Crippen LogP contribution in [0.25, 0.3) is 0 Å². The summed E-state index contributed by atoms with van der Waals surface area (Å²) in [5.41, 5.74) is -0.389. The van der Waals surface area contributed by atoms with E-state index in [9.17, 15) is 10.1 Å². The number of aromatic nitrogens is 2. The van der Waals surface area contributed by atoms with E-state index in [2.05, 4.69) is 15.3 Å². The van der Waals surface area contributed by atoms with E-state index in [1.807, 2.05) is 19.2 Å². The second kappa shape index (κ2) is 4.38. The predicted octanol–water partition coefficient (Wildman–Crippen LogP) is 2.86. The van der Waals surface area contributed by atoms with Gasteiger partial charge in [-0.15, -0.1) is 11.3 Å². The Balaban J connectivity index is 2.17. The maximum absolute atomic E-state index is 10.5. The molecule has 0 atom stereocenters. The van der Waals surface area contributed by atoms with Crippen molar-refractivity contribution in [1.29, 1.82) is 0 Å². The molecule has 6 nitrogen and oxygen atoms in total. The number of nitro groups is 1. The van der Waals surface area contributed by atoms with Crippen LogP contribution in [0.1, 0.15) is 18.9 Å². The van der Waals surface area contributed by atoms with Crippen molar-refractivity contribution in [2.75, 3.05) is 5.32 Å². The molecule has 90 valence electrons. The molecule has 0 aromatic carbocycles. The van der Waals surface area contributed by atoms with E-state index >= 15 is 0 Å². The minimum absolute atomic E-state index is 0.0300. The molecular weight excluding hydrogens is 260 g/mol. The van der Waals surface area contributed by atoms with Crippen LogP contribution in [0.5, 0.6) is 0 Å². The fourth-order valence-corrected chi connectivity index (χ4v) is 2.77. The molecule has 1 N–H and O–H groups in total. The second-order valence-electron chi connectivity index (χ2n) is 3.85. The normalized spacial score (nSPS) is 11.4. The lowest BCUT2D eigenvalue weighted by Crippen LogP contribution is -2.27. The molecule has 0 saturated heterocycles. The minimum Gasteiger partial charge on any atom is -0.350 e. The smallest absolute Gasteiger partial charge is 0.345 e. The molecule has 0 radical (unpaired) electrons. The van der Waals surface area contributed by atoms with Crippen molar-refractivity contribution in [3.8, 4) is 0 Å². The SMILES string of the molecule is CC(C)(Nc1ncc([N+](=O)[O-])s1)c1nccs1. The van der Waals surface area contributed by atoms with Gasteiger partial charge in [0.05, 0.1) is 10.5 Å². The average molecular weight is 270 g/mol. The van der Waals surface area contributed by atoms with Crippen molar-refractivity contribution in [3.63, 3.8) is 0 Å². The standard InChI is InChI=1S/C9H10N4O2S2/c1-9(2,7-10-3-4-16-7)12-8-11-5-6(17-8)13(14)15/h3-5H,1-2H3,(H,11,12). The Labute approximate surface area is 106 Å². The molecule has 2 heterocycles. The number of hydrogen-bond acceptors (Lipinski definition) is 7. The molecule has 2 aromatic heterocycles. The van der Waals surface area contributed by atoms with Crippen LogP contribution in [0.3, 0.4) is 0 Å². The van der Waals surface area contributed by atoms with E-state index in [-0.39, 0.29) is 10.5 Å². The molecule has 0 aliphatic heterocycles. The summed E-state index contributed by atoms with van der Waals surface area (Å²) in [7, 11) is 0. The highest BCUT2D eigenvalue weighted by Crippen LogP contribution is 2.31. The van der Waals surface area contributed by atoms with Crippen LogP contribution in [-0.2, 0) is 5.54 Å². The molecule has 2 aromatic rings. The van der Waals surface area contributed by atoms with Gasteiger partial charge in [-0.1, -0.05) is 0 Å². The number of hydrogen-bond donors (Lipinski definition) is 1. The Morgan fingerprint density at radius 1 is 1.47 bits per heavy atom. The van der Waals surface area contributed by atoms with Crippen LogP contribution >= 0.6 is 22.7 Å². The minimum atomic E-state index is -0.445. The van der Waals surface area contributed by atoms with Crippen molar-refractivity contribution in [2.24, 2.45) is 0 Å². The van der Waals surface area contributed by atoms with Gasteiger partial charge in [-0.05, 0) is 25.2 Å². The Hall–Kier alpha value is -1.54. The lowest BCUT2D eigenvalue weighted by molar-refractivity contribution is -0.380. The molecule has 0 aliphatic carbocycles. The van der Waals surface area contributed by atoms with Gasteiger partial charge in [0.25, 0.3) is 0 Å². The Morgan fingerprint density at radius 2 is 2.24 bits per heavy atom. The first-order valence-corrected chi connectivity index (χ1v) is 6.47. The third-order valence-corrected chi connectivity index (χ3v) is 4.02. The number of nitrogens with zero attached hydrogens (tertiary/aromatic N) is 3. The van der Waals surface area contributed by atoms with Crippen LogP contribution in [-0.4, -0.2) is 14.9 Å². The first kappa shape index (κ1) is 11.9. The quantitative estimate of drug-likeness (QED) is 0.682. The molecule has 0 aliphatic rings. The molecule has 0 bridgehead atoms. The van der Waals surface area contributed by atoms with E-state index < -0.39 is 4.92 Å². The van der Waals surface area contributed by atoms with Gasteiger partial charge >= 0.3 is 5.00 Å². The van der Waals surface area contributed by atoms with Crippen LogP contribution in [0.2, 0.25) is 0 Å². The van der Waals surface area contributed by atoms with Crippen molar-refractivity contribution >= 4 is 32.8 Å². The first-order valence-electron chi connectivity index (χ1n) is 4.77. The summed E-state index contributed by atoms with van der Waals surface area (Å²) in [6.45, 7) is 3.91. The average Bonchev–Trinajstić information content (AvgIpc) is 2.85. The zero-order valence-electron chi connectivity index (χ0n) is 9.21. The third kappa shape index (κ3) is 2.59. The fraction of sp³-hybridized carbons (Fsp3) is 0.333. The third-order valence-electron chi connectivity index (χ3n) is 2.06. The lowest BCUT2D eigenvalue weighted by atomic mass is 10.1. The zero-order chi connectivity index (χ0) is 12.5. The van der Waals surface area contributed by atoms with Gasteiger partial charge < -0.3 is 5.32 Å². The molecule has 0 unspecified atom stereocenters. The lowest BCUT2D eigenvalue weighted by Gasteiger charge is -2.22. The molecule has 0 saturated carbocycles. The number of thiazole rings is 2. The van der Waals surface area contributed by atoms with Crippen molar-refractivity contribution in [1.82, 2.24) is 9.97 Å². The van der Waals surface area contributed by atoms with E-state index in [0.717, 1.165) is 16.3 Å². The summed E-state index contributed by atoms with van der Waals surface area (Å²) in [6, 6.07) is 0. The van der Waals surface area contributed by atoms with Crippen molar-refractivity contribution in [2.45, 2.75) is 19.4 Å². The maximum Gasteiger partial charge on any atom is 0.345 e. The van der Waals surface area contributed by atoms with E-state index in [0.29, 0.717) is 5.13 Å². The highest BCUT2D eigenvalue weighted by Gasteiger charge is 2.25. The zero-order valence-corrected chi connectivity index (χ0v) is 10.8. The van der Waals surface area contributed by atoms with E-state index in [4.69, 9.17) is 0 Å². The summed E-state index contributed by atoms with van der Waals surface area (Å²) >= 11 is 2.55. The van der Waals surface area contributed by atoms with Gasteiger partial charge in [0.15, 0.2) is 5.13 Å². The largest absolute Gasteiger partial charge is 0.350 e. The summed E-state index contributed by atoms with van der Waals surface area (Å²) in [4.78, 5) is 18.3.